The Hall–Kier alpha value is -2.60. The third-order valence-corrected chi connectivity index (χ3v) is 3.57. The number of carbonyl (C=O) groups is 1. The summed E-state index contributed by atoms with van der Waals surface area (Å²) in [5, 5.41) is 5.10. The zero-order valence-corrected chi connectivity index (χ0v) is 12.0. The van der Waals surface area contributed by atoms with Crippen LogP contribution in [-0.2, 0) is 4.79 Å². The number of hydrogen-bond donors (Lipinski definition) is 1. The fourth-order valence-electron chi connectivity index (χ4n) is 1.87. The van der Waals surface area contributed by atoms with Crippen LogP contribution in [0, 0.1) is 0 Å². The normalized spacial score (nSPS) is 12.7. The fourth-order valence-corrected chi connectivity index (χ4v) is 2.39. The molecule has 0 spiro atoms. The molecule has 0 unspecified atom stereocenters. The molecule has 1 aromatic heterocycles. The fraction of sp³-hybridized carbons (Fsp3) is 0.0667. The highest BCUT2D eigenvalue weighted by Crippen LogP contribution is 2.29. The number of methoxy groups -OCH3 is 1. The molecule has 0 saturated heterocycles. The summed E-state index contributed by atoms with van der Waals surface area (Å²) in [7, 11) is 1.59. The molecule has 0 bridgehead atoms. The zero-order chi connectivity index (χ0) is 14.7. The summed E-state index contributed by atoms with van der Waals surface area (Å²) in [6.45, 7) is 0. The van der Waals surface area contributed by atoms with Gasteiger partial charge in [0.15, 0.2) is 5.13 Å². The van der Waals surface area contributed by atoms with Crippen LogP contribution in [0.3, 0.4) is 0 Å². The van der Waals surface area contributed by atoms with Crippen molar-refractivity contribution in [3.05, 3.63) is 53.3 Å². The predicted molar refractivity (Wildman–Crippen MR) is 81.5 cm³/mol. The van der Waals surface area contributed by atoms with Gasteiger partial charge in [-0.2, -0.15) is 0 Å². The molecular formula is C15H12N2O3S. The number of anilines is 1. The molecule has 1 aromatic carbocycles. The number of aromatic nitrogens is 1. The highest BCUT2D eigenvalue weighted by Gasteiger charge is 2.13. The summed E-state index contributed by atoms with van der Waals surface area (Å²) >= 11 is 1.37. The average Bonchev–Trinajstić information content (AvgIpc) is 2.90. The van der Waals surface area contributed by atoms with Gasteiger partial charge < -0.3 is 9.47 Å². The summed E-state index contributed by atoms with van der Waals surface area (Å²) in [6, 6.07) is 5.43. The first-order chi connectivity index (χ1) is 10.3. The summed E-state index contributed by atoms with van der Waals surface area (Å²) in [6.07, 6.45) is 6.51. The number of thiazole rings is 1. The van der Waals surface area contributed by atoms with E-state index >= 15 is 0 Å². The van der Waals surface area contributed by atoms with Gasteiger partial charge in [-0.25, -0.2) is 4.98 Å². The lowest BCUT2D eigenvalue weighted by molar-refractivity contribution is -0.112. The van der Waals surface area contributed by atoms with E-state index in [0.717, 1.165) is 5.56 Å². The van der Waals surface area contributed by atoms with E-state index in [-0.39, 0.29) is 5.91 Å². The Morgan fingerprint density at radius 3 is 3.10 bits per heavy atom. The van der Waals surface area contributed by atoms with E-state index < -0.39 is 0 Å². The number of nitrogens with one attached hydrogen (secondary N) is 1. The van der Waals surface area contributed by atoms with Crippen LogP contribution < -0.4 is 14.8 Å². The summed E-state index contributed by atoms with van der Waals surface area (Å²) in [4.78, 5) is 16.3. The molecular weight excluding hydrogens is 288 g/mol. The van der Waals surface area contributed by atoms with E-state index in [1.807, 2.05) is 6.07 Å². The molecule has 21 heavy (non-hydrogen) atoms. The smallest absolute Gasteiger partial charge is 0.257 e. The molecule has 1 N–H and O–H groups in total. The zero-order valence-electron chi connectivity index (χ0n) is 11.2. The quantitative estimate of drug-likeness (QED) is 0.946. The third kappa shape index (κ3) is 2.95. The number of nitrogens with zero attached hydrogens (tertiary/aromatic N) is 1. The topological polar surface area (TPSA) is 60.5 Å². The van der Waals surface area contributed by atoms with Crippen LogP contribution in [0.5, 0.6) is 11.5 Å². The van der Waals surface area contributed by atoms with Crippen LogP contribution in [0.2, 0.25) is 0 Å². The van der Waals surface area contributed by atoms with Crippen molar-refractivity contribution in [2.45, 2.75) is 0 Å². The maximum atomic E-state index is 12.2. The van der Waals surface area contributed by atoms with Crippen LogP contribution in [0.25, 0.3) is 6.08 Å². The second kappa shape index (κ2) is 5.80. The number of fused-ring (bicyclic) bond motifs is 1. The molecule has 5 nitrogen and oxygen atoms in total. The Kier molecular flexibility index (Phi) is 3.70. The molecule has 2 heterocycles. The van der Waals surface area contributed by atoms with Gasteiger partial charge in [0.25, 0.3) is 5.91 Å². The van der Waals surface area contributed by atoms with Gasteiger partial charge in [0.2, 0.25) is 0 Å². The highest BCUT2D eigenvalue weighted by molar-refractivity contribution is 7.13. The predicted octanol–water partition coefficient (Wildman–Crippen LogP) is 3.08. The first-order valence-electron chi connectivity index (χ1n) is 6.20. The van der Waals surface area contributed by atoms with E-state index in [2.05, 4.69) is 10.3 Å². The van der Waals surface area contributed by atoms with Gasteiger partial charge in [-0.1, -0.05) is 0 Å². The van der Waals surface area contributed by atoms with Crippen molar-refractivity contribution < 1.29 is 14.3 Å². The monoisotopic (exact) mass is 300 g/mol. The van der Waals surface area contributed by atoms with Crippen LogP contribution in [0.4, 0.5) is 5.13 Å². The standard InChI is InChI=1S/C15H12N2O3S/c1-19-12-2-3-13-11(9-12)8-10(4-6-20-13)14(18)17-15-16-5-7-21-15/h2-9H,1H3,(H,16,17,18). The molecule has 0 fully saturated rings. The molecule has 2 aromatic rings. The number of carbonyl (C=O) groups excluding carboxylic acids is 1. The van der Waals surface area contributed by atoms with Crippen molar-refractivity contribution >= 4 is 28.5 Å². The van der Waals surface area contributed by atoms with Gasteiger partial charge in [-0.05, 0) is 30.4 Å². The van der Waals surface area contributed by atoms with Crippen LogP contribution in [0.1, 0.15) is 5.56 Å². The molecule has 1 aliphatic heterocycles. The lowest BCUT2D eigenvalue weighted by atomic mass is 10.1. The van der Waals surface area contributed by atoms with Gasteiger partial charge in [0.05, 0.1) is 13.4 Å². The maximum absolute atomic E-state index is 12.2. The van der Waals surface area contributed by atoms with Crippen LogP contribution in [-0.4, -0.2) is 18.0 Å². The Labute approximate surface area is 125 Å². The van der Waals surface area contributed by atoms with Crippen LogP contribution >= 0.6 is 11.3 Å². The Morgan fingerprint density at radius 1 is 1.43 bits per heavy atom. The van der Waals surface area contributed by atoms with E-state index in [4.69, 9.17) is 9.47 Å². The van der Waals surface area contributed by atoms with Crippen molar-refractivity contribution in [2.24, 2.45) is 0 Å². The summed E-state index contributed by atoms with van der Waals surface area (Å²) in [5.41, 5.74) is 1.26. The molecule has 0 saturated carbocycles. The molecule has 3 rings (SSSR count). The first kappa shape index (κ1) is 13.4. The lowest BCUT2D eigenvalue weighted by Gasteiger charge is -2.06. The Bertz CT molecular complexity index is 721. The average molecular weight is 300 g/mol. The number of amides is 1. The number of benzene rings is 1. The SMILES string of the molecule is COc1ccc2c(c1)C=C(C(=O)Nc1nccs1)C=CO2. The molecule has 0 radical (unpaired) electrons. The first-order valence-corrected chi connectivity index (χ1v) is 7.08. The van der Waals surface area contributed by atoms with E-state index in [1.54, 1.807) is 43.0 Å². The largest absolute Gasteiger partial charge is 0.497 e. The van der Waals surface area contributed by atoms with E-state index in [1.165, 1.54) is 17.6 Å². The van der Waals surface area contributed by atoms with Crippen LogP contribution in [0.15, 0.2) is 47.7 Å². The minimum Gasteiger partial charge on any atom is -0.497 e. The van der Waals surface area contributed by atoms with E-state index in [9.17, 15) is 4.79 Å². The minimum atomic E-state index is -0.236. The Balaban J connectivity index is 1.90. The highest BCUT2D eigenvalue weighted by atomic mass is 32.1. The summed E-state index contributed by atoms with van der Waals surface area (Å²) < 4.78 is 10.7. The van der Waals surface area contributed by atoms with Gasteiger partial charge in [-0.3, -0.25) is 10.1 Å². The number of ether oxygens (including phenoxy) is 2. The van der Waals surface area contributed by atoms with Gasteiger partial charge in [-0.15, -0.1) is 11.3 Å². The summed E-state index contributed by atoms with van der Waals surface area (Å²) in [5.74, 6) is 1.14. The second-order valence-electron chi connectivity index (χ2n) is 4.22. The van der Waals surface area contributed by atoms with Crippen molar-refractivity contribution in [3.63, 3.8) is 0 Å². The number of rotatable bonds is 3. The van der Waals surface area contributed by atoms with Crippen molar-refractivity contribution in [2.75, 3.05) is 12.4 Å². The molecule has 1 amide bonds. The lowest BCUT2D eigenvalue weighted by Crippen LogP contribution is -2.12. The Morgan fingerprint density at radius 2 is 2.33 bits per heavy atom. The maximum Gasteiger partial charge on any atom is 0.257 e. The van der Waals surface area contributed by atoms with Gasteiger partial charge >= 0.3 is 0 Å². The molecule has 6 heteroatoms. The minimum absolute atomic E-state index is 0.236. The molecule has 0 aliphatic carbocycles. The third-order valence-electron chi connectivity index (χ3n) is 2.89. The number of hydrogen-bond acceptors (Lipinski definition) is 5. The van der Waals surface area contributed by atoms with Gasteiger partial charge in [0, 0.05) is 22.7 Å². The van der Waals surface area contributed by atoms with Crippen molar-refractivity contribution in [1.29, 1.82) is 0 Å². The van der Waals surface area contributed by atoms with E-state index in [0.29, 0.717) is 22.2 Å². The van der Waals surface area contributed by atoms with Crippen molar-refractivity contribution in [3.8, 4) is 11.5 Å². The van der Waals surface area contributed by atoms with Gasteiger partial charge in [0.1, 0.15) is 11.5 Å². The molecule has 106 valence electrons. The molecule has 1 aliphatic rings. The van der Waals surface area contributed by atoms with Crippen molar-refractivity contribution in [1.82, 2.24) is 4.98 Å². The second-order valence-corrected chi connectivity index (χ2v) is 5.11. The molecule has 0 atom stereocenters.